The average Bonchev–Trinajstić information content (AvgIpc) is 3.16. The van der Waals surface area contributed by atoms with Crippen LogP contribution in [0.3, 0.4) is 0 Å². The minimum absolute atomic E-state index is 0.144. The van der Waals surface area contributed by atoms with E-state index < -0.39 is 4.92 Å². The molecule has 0 saturated carbocycles. The van der Waals surface area contributed by atoms with Crippen molar-refractivity contribution in [3.05, 3.63) is 57.8 Å². The highest BCUT2D eigenvalue weighted by molar-refractivity contribution is 6.04. The van der Waals surface area contributed by atoms with Gasteiger partial charge < -0.3 is 9.64 Å². The lowest BCUT2D eigenvalue weighted by atomic mass is 9.95. The Kier molecular flexibility index (Phi) is 3.39. The van der Waals surface area contributed by atoms with Gasteiger partial charge in [0.2, 0.25) is 0 Å². The van der Waals surface area contributed by atoms with E-state index in [0.29, 0.717) is 25.3 Å². The molecule has 0 spiro atoms. The summed E-state index contributed by atoms with van der Waals surface area (Å²) in [5, 5.41) is 16.8. The fourth-order valence-corrected chi connectivity index (χ4v) is 3.94. The molecule has 8 heteroatoms. The summed E-state index contributed by atoms with van der Waals surface area (Å²) in [7, 11) is 1.87. The second-order valence-electron chi connectivity index (χ2n) is 7.68. The number of fused-ring (bicyclic) bond motifs is 2. The maximum Gasteiger partial charge on any atom is 0.282 e. The number of nitro groups is 1. The van der Waals surface area contributed by atoms with Crippen LogP contribution in [0, 0.1) is 10.1 Å². The van der Waals surface area contributed by atoms with Gasteiger partial charge in [-0.1, -0.05) is 12.1 Å². The Morgan fingerprint density at radius 1 is 1.32 bits per heavy atom. The number of epoxide rings is 1. The molecule has 1 saturated heterocycles. The Hall–Kier alpha value is -3.26. The molecule has 1 fully saturated rings. The summed E-state index contributed by atoms with van der Waals surface area (Å²) in [5.74, 6) is -0.304. The fourth-order valence-electron chi connectivity index (χ4n) is 3.94. The standard InChI is InChI=1S/C20H18N4O4/c1-20(11-28-20)10-23-9-15-14(5-6-16(24(26)27)18(15)19(23)25)12-3-4-13-8-21-22(2)17(13)7-12/h3-8H,9-11H2,1-2H3. The lowest BCUT2D eigenvalue weighted by molar-refractivity contribution is -0.385. The van der Waals surface area contributed by atoms with Gasteiger partial charge in [0.05, 0.1) is 29.8 Å². The molecule has 2 aliphatic rings. The van der Waals surface area contributed by atoms with Gasteiger partial charge in [0.25, 0.3) is 11.6 Å². The Balaban J connectivity index is 1.65. The maximum absolute atomic E-state index is 13.0. The summed E-state index contributed by atoms with van der Waals surface area (Å²) in [6.07, 6.45) is 1.79. The van der Waals surface area contributed by atoms with Gasteiger partial charge in [0.15, 0.2) is 0 Å². The van der Waals surface area contributed by atoms with Crippen LogP contribution in [-0.2, 0) is 18.3 Å². The number of amides is 1. The van der Waals surface area contributed by atoms with E-state index in [9.17, 15) is 14.9 Å². The molecule has 3 heterocycles. The van der Waals surface area contributed by atoms with E-state index >= 15 is 0 Å². The van der Waals surface area contributed by atoms with Crippen LogP contribution in [0.2, 0.25) is 0 Å². The molecule has 1 unspecified atom stereocenters. The molecule has 3 aromatic rings. The van der Waals surface area contributed by atoms with Crippen molar-refractivity contribution in [2.75, 3.05) is 13.2 Å². The first kappa shape index (κ1) is 16.9. The van der Waals surface area contributed by atoms with Gasteiger partial charge in [-0.3, -0.25) is 19.6 Å². The van der Waals surface area contributed by atoms with Crippen molar-refractivity contribution in [3.8, 4) is 11.1 Å². The highest BCUT2D eigenvalue weighted by atomic mass is 16.6. The number of nitro benzene ring substituents is 1. The molecule has 1 amide bonds. The molecule has 0 radical (unpaired) electrons. The van der Waals surface area contributed by atoms with Crippen LogP contribution in [0.4, 0.5) is 5.69 Å². The number of rotatable bonds is 4. The van der Waals surface area contributed by atoms with Gasteiger partial charge in [-0.25, -0.2) is 0 Å². The number of aryl methyl sites for hydroxylation is 1. The first-order chi connectivity index (χ1) is 13.4. The summed E-state index contributed by atoms with van der Waals surface area (Å²) in [5.41, 5.74) is 3.11. The Morgan fingerprint density at radius 2 is 2.11 bits per heavy atom. The quantitative estimate of drug-likeness (QED) is 0.395. The topological polar surface area (TPSA) is 93.8 Å². The third-order valence-electron chi connectivity index (χ3n) is 5.56. The molecule has 28 heavy (non-hydrogen) atoms. The number of nitrogens with zero attached hydrogens (tertiary/aromatic N) is 4. The van der Waals surface area contributed by atoms with Crippen molar-refractivity contribution < 1.29 is 14.5 Å². The zero-order chi connectivity index (χ0) is 19.6. The van der Waals surface area contributed by atoms with Crippen molar-refractivity contribution >= 4 is 22.5 Å². The van der Waals surface area contributed by atoms with Crippen LogP contribution in [0.15, 0.2) is 36.5 Å². The fraction of sp³-hybridized carbons (Fsp3) is 0.300. The lowest BCUT2D eigenvalue weighted by Crippen LogP contribution is -2.33. The molecular formula is C20H18N4O4. The van der Waals surface area contributed by atoms with Crippen LogP contribution < -0.4 is 0 Å². The number of ether oxygens (including phenoxy) is 1. The van der Waals surface area contributed by atoms with Crippen LogP contribution >= 0.6 is 0 Å². The zero-order valence-electron chi connectivity index (χ0n) is 15.5. The van der Waals surface area contributed by atoms with Crippen molar-refractivity contribution in [2.24, 2.45) is 7.05 Å². The van der Waals surface area contributed by atoms with Crippen molar-refractivity contribution in [1.82, 2.24) is 14.7 Å². The van der Waals surface area contributed by atoms with Crippen molar-refractivity contribution in [1.29, 1.82) is 0 Å². The van der Waals surface area contributed by atoms with Gasteiger partial charge in [0, 0.05) is 25.0 Å². The smallest absolute Gasteiger partial charge is 0.282 e. The SMILES string of the molecule is Cn1ncc2ccc(-c3ccc([N+](=O)[O-])c4c3CN(CC3(C)CO3)C4=O)cc21. The predicted molar refractivity (Wildman–Crippen MR) is 102 cm³/mol. The normalized spacial score (nSPS) is 20.6. The summed E-state index contributed by atoms with van der Waals surface area (Å²) < 4.78 is 7.20. The molecule has 0 bridgehead atoms. The molecule has 142 valence electrons. The van der Waals surface area contributed by atoms with E-state index in [0.717, 1.165) is 22.0 Å². The van der Waals surface area contributed by atoms with E-state index in [1.807, 2.05) is 32.2 Å². The minimum atomic E-state index is -0.482. The Labute approximate surface area is 160 Å². The van der Waals surface area contributed by atoms with E-state index in [4.69, 9.17) is 4.74 Å². The molecule has 8 nitrogen and oxygen atoms in total. The van der Waals surface area contributed by atoms with Crippen LogP contribution in [0.1, 0.15) is 22.8 Å². The summed E-state index contributed by atoms with van der Waals surface area (Å²) >= 11 is 0. The molecule has 5 rings (SSSR count). The van der Waals surface area contributed by atoms with E-state index in [-0.39, 0.29) is 22.8 Å². The van der Waals surface area contributed by atoms with Gasteiger partial charge in [-0.05, 0) is 35.7 Å². The average molecular weight is 378 g/mol. The van der Waals surface area contributed by atoms with Crippen LogP contribution in [-0.4, -0.2) is 44.3 Å². The zero-order valence-corrected chi connectivity index (χ0v) is 15.5. The number of carbonyl (C=O) groups excluding carboxylic acids is 1. The molecule has 2 aliphatic heterocycles. The first-order valence-electron chi connectivity index (χ1n) is 9.02. The minimum Gasteiger partial charge on any atom is -0.368 e. The largest absolute Gasteiger partial charge is 0.368 e. The van der Waals surface area contributed by atoms with Gasteiger partial charge in [0.1, 0.15) is 11.2 Å². The summed E-state index contributed by atoms with van der Waals surface area (Å²) in [6.45, 7) is 3.31. The Morgan fingerprint density at radius 3 is 2.82 bits per heavy atom. The Bertz CT molecular complexity index is 1160. The number of hydrogen-bond donors (Lipinski definition) is 0. The lowest BCUT2D eigenvalue weighted by Gasteiger charge is -2.18. The molecule has 0 aliphatic carbocycles. The second-order valence-corrected chi connectivity index (χ2v) is 7.68. The monoisotopic (exact) mass is 378 g/mol. The first-order valence-corrected chi connectivity index (χ1v) is 9.02. The third kappa shape index (κ3) is 2.49. The maximum atomic E-state index is 13.0. The number of carbonyl (C=O) groups is 1. The van der Waals surface area contributed by atoms with Crippen LogP contribution in [0.25, 0.3) is 22.0 Å². The summed E-state index contributed by atoms with van der Waals surface area (Å²) in [6, 6.07) is 9.10. The van der Waals surface area contributed by atoms with E-state index in [1.165, 1.54) is 6.07 Å². The van der Waals surface area contributed by atoms with Crippen LogP contribution in [0.5, 0.6) is 0 Å². The van der Waals surface area contributed by atoms with Gasteiger partial charge >= 0.3 is 0 Å². The van der Waals surface area contributed by atoms with Gasteiger partial charge in [-0.15, -0.1) is 0 Å². The van der Waals surface area contributed by atoms with Gasteiger partial charge in [-0.2, -0.15) is 5.10 Å². The molecule has 1 aromatic heterocycles. The molecule has 2 aromatic carbocycles. The molecule has 1 atom stereocenters. The summed E-state index contributed by atoms with van der Waals surface area (Å²) in [4.78, 5) is 25.7. The third-order valence-corrected chi connectivity index (χ3v) is 5.56. The highest BCUT2D eigenvalue weighted by Crippen LogP contribution is 2.40. The number of hydrogen-bond acceptors (Lipinski definition) is 5. The number of aromatic nitrogens is 2. The van der Waals surface area contributed by atoms with Crippen molar-refractivity contribution in [3.63, 3.8) is 0 Å². The second kappa shape index (κ2) is 5.62. The number of benzene rings is 2. The molecule has 0 N–H and O–H groups in total. The predicted octanol–water partition coefficient (Wildman–Crippen LogP) is 2.89. The van der Waals surface area contributed by atoms with Crippen molar-refractivity contribution in [2.45, 2.75) is 19.1 Å². The van der Waals surface area contributed by atoms with E-state index in [1.54, 1.807) is 21.8 Å². The van der Waals surface area contributed by atoms with E-state index in [2.05, 4.69) is 5.10 Å². The molecular weight excluding hydrogens is 360 g/mol. The highest BCUT2D eigenvalue weighted by Gasteiger charge is 2.45.